The predicted molar refractivity (Wildman–Crippen MR) is 79.2 cm³/mol. The van der Waals surface area contributed by atoms with E-state index in [1.165, 1.54) is 6.07 Å². The molecule has 0 fully saturated rings. The number of benzene rings is 1. The van der Waals surface area contributed by atoms with Crippen LogP contribution in [0.15, 0.2) is 18.2 Å². The number of aromatic carboxylic acids is 1. The highest BCUT2D eigenvalue weighted by Crippen LogP contribution is 2.23. The summed E-state index contributed by atoms with van der Waals surface area (Å²) in [5.74, 6) is -1.01. The van der Waals surface area contributed by atoms with Gasteiger partial charge in [0.15, 0.2) is 0 Å². The number of nitrogens with zero attached hydrogens (tertiary/aromatic N) is 1. The van der Waals surface area contributed by atoms with E-state index < -0.39 is 5.97 Å². The Morgan fingerprint density at radius 1 is 1.42 bits per heavy atom. The fraction of sp³-hybridized carbons (Fsp3) is 0.500. The Morgan fingerprint density at radius 2 is 2.05 bits per heavy atom. The summed E-state index contributed by atoms with van der Waals surface area (Å²) in [5, 5.41) is 12.5. The average molecular weight is 285 g/mol. The van der Waals surface area contributed by atoms with Crippen molar-refractivity contribution in [2.24, 2.45) is 5.41 Å². The third-order valence-corrected chi connectivity index (χ3v) is 3.03. The van der Waals surface area contributed by atoms with E-state index in [0.717, 1.165) is 18.8 Å². The van der Waals surface area contributed by atoms with Crippen molar-refractivity contribution in [2.45, 2.75) is 13.8 Å². The fourth-order valence-corrected chi connectivity index (χ4v) is 2.31. The van der Waals surface area contributed by atoms with E-state index in [2.05, 4.69) is 24.1 Å². The molecule has 0 aliphatic carbocycles. The standard InChI is InChI=1S/C14H21ClN2O2/c1-14(2,9-17(3)4)8-16-10-5-6-11(13(18)19)12(15)7-10/h5-7,16H,8-9H2,1-4H3,(H,18,19). The number of carboxylic acid groups (broad SMARTS) is 1. The van der Waals surface area contributed by atoms with Crippen molar-refractivity contribution in [1.82, 2.24) is 4.90 Å². The van der Waals surface area contributed by atoms with Gasteiger partial charge in [0, 0.05) is 18.8 Å². The highest BCUT2D eigenvalue weighted by molar-refractivity contribution is 6.33. The molecule has 0 saturated carbocycles. The highest BCUT2D eigenvalue weighted by atomic mass is 35.5. The molecule has 0 saturated heterocycles. The number of hydrogen-bond acceptors (Lipinski definition) is 3. The zero-order valence-corrected chi connectivity index (χ0v) is 12.6. The number of rotatable bonds is 6. The summed E-state index contributed by atoms with van der Waals surface area (Å²) >= 11 is 5.93. The smallest absolute Gasteiger partial charge is 0.337 e. The van der Waals surface area contributed by atoms with Crippen LogP contribution in [-0.4, -0.2) is 43.2 Å². The summed E-state index contributed by atoms with van der Waals surface area (Å²) in [6.07, 6.45) is 0. The quantitative estimate of drug-likeness (QED) is 0.843. The normalized spacial score (nSPS) is 11.7. The SMILES string of the molecule is CN(C)CC(C)(C)CNc1ccc(C(=O)O)c(Cl)c1. The third kappa shape index (κ3) is 5.09. The lowest BCUT2D eigenvalue weighted by Gasteiger charge is -2.29. The van der Waals surface area contributed by atoms with Crippen molar-refractivity contribution in [2.75, 3.05) is 32.5 Å². The second-order valence-corrected chi connectivity index (χ2v) is 6.16. The fourth-order valence-electron chi connectivity index (χ4n) is 2.05. The second-order valence-electron chi connectivity index (χ2n) is 5.76. The van der Waals surface area contributed by atoms with Crippen LogP contribution in [0.2, 0.25) is 5.02 Å². The van der Waals surface area contributed by atoms with E-state index in [9.17, 15) is 4.79 Å². The molecule has 0 aliphatic rings. The van der Waals surface area contributed by atoms with E-state index in [-0.39, 0.29) is 16.0 Å². The molecule has 106 valence electrons. The van der Waals surface area contributed by atoms with Crippen molar-refractivity contribution in [3.05, 3.63) is 28.8 Å². The van der Waals surface area contributed by atoms with E-state index in [0.29, 0.717) is 0 Å². The van der Waals surface area contributed by atoms with Crippen LogP contribution in [0, 0.1) is 5.41 Å². The monoisotopic (exact) mass is 284 g/mol. The summed E-state index contributed by atoms with van der Waals surface area (Å²) in [4.78, 5) is 13.0. The van der Waals surface area contributed by atoms with Crippen LogP contribution >= 0.6 is 11.6 Å². The Labute approximate surface area is 119 Å². The van der Waals surface area contributed by atoms with Crippen LogP contribution < -0.4 is 5.32 Å². The first-order valence-corrected chi connectivity index (χ1v) is 6.50. The Hall–Kier alpha value is -1.26. The van der Waals surface area contributed by atoms with E-state index in [4.69, 9.17) is 16.7 Å². The molecule has 0 radical (unpaired) electrons. The van der Waals surface area contributed by atoms with Gasteiger partial charge in [0.2, 0.25) is 0 Å². The number of carboxylic acids is 1. The van der Waals surface area contributed by atoms with Crippen molar-refractivity contribution in [3.8, 4) is 0 Å². The van der Waals surface area contributed by atoms with Crippen LogP contribution in [0.5, 0.6) is 0 Å². The molecule has 0 amide bonds. The summed E-state index contributed by atoms with van der Waals surface area (Å²) in [6, 6.07) is 4.91. The minimum Gasteiger partial charge on any atom is -0.478 e. The molecule has 0 aliphatic heterocycles. The molecule has 2 N–H and O–H groups in total. The number of halogens is 1. The number of hydrogen-bond donors (Lipinski definition) is 2. The maximum Gasteiger partial charge on any atom is 0.337 e. The van der Waals surface area contributed by atoms with Crippen LogP contribution in [0.1, 0.15) is 24.2 Å². The number of nitrogens with one attached hydrogen (secondary N) is 1. The zero-order chi connectivity index (χ0) is 14.6. The molecular formula is C14H21ClN2O2. The van der Waals surface area contributed by atoms with Gasteiger partial charge < -0.3 is 15.3 Å². The average Bonchev–Trinajstić information content (AvgIpc) is 2.24. The van der Waals surface area contributed by atoms with Gasteiger partial charge in [-0.25, -0.2) is 4.79 Å². The first-order valence-electron chi connectivity index (χ1n) is 6.13. The largest absolute Gasteiger partial charge is 0.478 e. The van der Waals surface area contributed by atoms with Gasteiger partial charge >= 0.3 is 5.97 Å². The van der Waals surface area contributed by atoms with E-state index in [1.807, 2.05) is 14.1 Å². The van der Waals surface area contributed by atoms with Gasteiger partial charge in [0.1, 0.15) is 0 Å². The molecule has 1 rings (SSSR count). The molecule has 4 nitrogen and oxygen atoms in total. The topological polar surface area (TPSA) is 52.6 Å². The molecule has 19 heavy (non-hydrogen) atoms. The van der Waals surface area contributed by atoms with Crippen LogP contribution in [0.25, 0.3) is 0 Å². The van der Waals surface area contributed by atoms with Crippen molar-refractivity contribution in [3.63, 3.8) is 0 Å². The van der Waals surface area contributed by atoms with Crippen LogP contribution in [-0.2, 0) is 0 Å². The first-order chi connectivity index (χ1) is 8.71. The Morgan fingerprint density at radius 3 is 2.53 bits per heavy atom. The molecule has 0 unspecified atom stereocenters. The Balaban J connectivity index is 2.69. The predicted octanol–water partition coefficient (Wildman–Crippen LogP) is 3.04. The molecule has 0 atom stereocenters. The molecule has 0 aromatic heterocycles. The van der Waals surface area contributed by atoms with Gasteiger partial charge in [-0.05, 0) is 37.7 Å². The van der Waals surface area contributed by atoms with Crippen molar-refractivity contribution >= 4 is 23.3 Å². The number of anilines is 1. The van der Waals surface area contributed by atoms with Gasteiger partial charge in [-0.15, -0.1) is 0 Å². The lowest BCUT2D eigenvalue weighted by Crippen LogP contribution is -2.34. The van der Waals surface area contributed by atoms with Crippen LogP contribution in [0.3, 0.4) is 0 Å². The summed E-state index contributed by atoms with van der Waals surface area (Å²) < 4.78 is 0. The minimum absolute atomic E-state index is 0.113. The lowest BCUT2D eigenvalue weighted by atomic mass is 9.93. The summed E-state index contributed by atoms with van der Waals surface area (Å²) in [6.45, 7) is 6.09. The molecule has 0 heterocycles. The molecule has 1 aromatic carbocycles. The Kier molecular flexibility index (Phi) is 5.20. The van der Waals surface area contributed by atoms with Gasteiger partial charge in [-0.2, -0.15) is 0 Å². The third-order valence-electron chi connectivity index (χ3n) is 2.71. The molecular weight excluding hydrogens is 264 g/mol. The molecule has 0 bridgehead atoms. The lowest BCUT2D eigenvalue weighted by molar-refractivity contribution is 0.0697. The van der Waals surface area contributed by atoms with Crippen LogP contribution in [0.4, 0.5) is 5.69 Å². The van der Waals surface area contributed by atoms with E-state index in [1.54, 1.807) is 12.1 Å². The van der Waals surface area contributed by atoms with Gasteiger partial charge in [0.25, 0.3) is 0 Å². The summed E-state index contributed by atoms with van der Waals surface area (Å²) in [7, 11) is 4.08. The van der Waals surface area contributed by atoms with Crippen molar-refractivity contribution in [1.29, 1.82) is 0 Å². The zero-order valence-electron chi connectivity index (χ0n) is 11.8. The first kappa shape index (κ1) is 15.8. The molecule has 5 heteroatoms. The minimum atomic E-state index is -1.01. The highest BCUT2D eigenvalue weighted by Gasteiger charge is 2.18. The Bertz CT molecular complexity index is 459. The number of carbonyl (C=O) groups is 1. The molecule has 0 spiro atoms. The van der Waals surface area contributed by atoms with Gasteiger partial charge in [-0.3, -0.25) is 0 Å². The maximum absolute atomic E-state index is 10.9. The van der Waals surface area contributed by atoms with E-state index >= 15 is 0 Å². The maximum atomic E-state index is 10.9. The van der Waals surface area contributed by atoms with Gasteiger partial charge in [0.05, 0.1) is 10.6 Å². The second kappa shape index (κ2) is 6.26. The van der Waals surface area contributed by atoms with Gasteiger partial charge in [-0.1, -0.05) is 25.4 Å². The summed E-state index contributed by atoms with van der Waals surface area (Å²) in [5.41, 5.74) is 1.07. The van der Waals surface area contributed by atoms with Crippen molar-refractivity contribution < 1.29 is 9.90 Å². The molecule has 1 aromatic rings.